The maximum absolute atomic E-state index is 11.5. The summed E-state index contributed by atoms with van der Waals surface area (Å²) in [7, 11) is 0. The molecule has 0 aromatic heterocycles. The maximum atomic E-state index is 11.5. The molecule has 0 saturated carbocycles. The number of carbonyl (C=O) groups excluding carboxylic acids is 1. The molecule has 0 heterocycles. The fraction of sp³-hybridized carbons (Fsp3) is 0.500. The monoisotopic (exact) mass is 328 g/mol. The molecule has 2 N–H and O–H groups in total. The molecule has 1 amide bonds. The minimum atomic E-state index is 0.0216. The highest BCUT2D eigenvalue weighted by atomic mass is 79.9. The first-order valence-corrected chi connectivity index (χ1v) is 7.37. The van der Waals surface area contributed by atoms with Gasteiger partial charge in [0.25, 0.3) is 0 Å². The van der Waals surface area contributed by atoms with Crippen LogP contribution in [0.15, 0.2) is 28.7 Å². The van der Waals surface area contributed by atoms with Crippen molar-refractivity contribution in [3.05, 3.63) is 28.7 Å². The summed E-state index contributed by atoms with van der Waals surface area (Å²) in [4.78, 5) is 11.5. The molecule has 0 unspecified atom stereocenters. The van der Waals surface area contributed by atoms with Gasteiger partial charge >= 0.3 is 0 Å². The van der Waals surface area contributed by atoms with Crippen molar-refractivity contribution in [1.29, 1.82) is 0 Å². The number of ether oxygens (including phenoxy) is 1. The molecule has 4 nitrogen and oxygen atoms in total. The Morgan fingerprint density at radius 3 is 2.89 bits per heavy atom. The second-order valence-electron chi connectivity index (χ2n) is 4.16. The van der Waals surface area contributed by atoms with E-state index in [1.54, 1.807) is 0 Å². The Bertz CT molecular complexity index is 385. The Morgan fingerprint density at radius 1 is 1.32 bits per heavy atom. The number of nitrogens with one attached hydrogen (secondary N) is 2. The topological polar surface area (TPSA) is 50.4 Å². The van der Waals surface area contributed by atoms with Crippen molar-refractivity contribution in [2.24, 2.45) is 0 Å². The van der Waals surface area contributed by atoms with Crippen LogP contribution in [0.2, 0.25) is 0 Å². The lowest BCUT2D eigenvalue weighted by molar-refractivity contribution is -0.121. The van der Waals surface area contributed by atoms with Gasteiger partial charge in [-0.2, -0.15) is 0 Å². The number of amides is 1. The molecule has 0 fully saturated rings. The zero-order valence-electron chi connectivity index (χ0n) is 11.2. The van der Waals surface area contributed by atoms with Gasteiger partial charge in [-0.1, -0.05) is 28.9 Å². The number of hydrogen-bond donors (Lipinski definition) is 2. The van der Waals surface area contributed by atoms with Crippen LogP contribution >= 0.6 is 15.9 Å². The Hall–Kier alpha value is -1.07. The van der Waals surface area contributed by atoms with E-state index in [0.29, 0.717) is 19.6 Å². The van der Waals surface area contributed by atoms with Crippen LogP contribution in [0.4, 0.5) is 0 Å². The third kappa shape index (κ3) is 7.85. The van der Waals surface area contributed by atoms with Gasteiger partial charge in [-0.25, -0.2) is 0 Å². The van der Waals surface area contributed by atoms with E-state index in [4.69, 9.17) is 4.74 Å². The Balaban J connectivity index is 2.07. The van der Waals surface area contributed by atoms with E-state index in [1.165, 1.54) is 0 Å². The summed E-state index contributed by atoms with van der Waals surface area (Å²) < 4.78 is 6.46. The van der Waals surface area contributed by atoms with Crippen LogP contribution in [0.1, 0.15) is 19.8 Å². The van der Waals surface area contributed by atoms with Crippen molar-refractivity contribution in [2.45, 2.75) is 19.8 Å². The van der Waals surface area contributed by atoms with E-state index < -0.39 is 0 Å². The molecule has 5 heteroatoms. The van der Waals surface area contributed by atoms with Crippen LogP contribution in [0, 0.1) is 0 Å². The van der Waals surface area contributed by atoms with E-state index in [1.807, 2.05) is 24.3 Å². The summed E-state index contributed by atoms with van der Waals surface area (Å²) in [6, 6.07) is 7.59. The Kier molecular flexibility index (Phi) is 8.25. The molecule has 0 aliphatic carbocycles. The van der Waals surface area contributed by atoms with E-state index in [2.05, 4.69) is 33.5 Å². The average molecular weight is 329 g/mol. The van der Waals surface area contributed by atoms with E-state index in [9.17, 15) is 4.79 Å². The zero-order valence-corrected chi connectivity index (χ0v) is 12.8. The second kappa shape index (κ2) is 9.81. The van der Waals surface area contributed by atoms with Crippen molar-refractivity contribution >= 4 is 21.8 Å². The van der Waals surface area contributed by atoms with Gasteiger partial charge in [-0.3, -0.25) is 4.79 Å². The summed E-state index contributed by atoms with van der Waals surface area (Å²) in [5, 5.41) is 6.08. The smallest absolute Gasteiger partial charge is 0.223 e. The number of benzene rings is 1. The number of hydrogen-bond acceptors (Lipinski definition) is 3. The standard InChI is InChI=1S/C14H21BrN2O2/c1-2-7-16-8-9-17-14(18)6-10-19-13-5-3-4-12(15)11-13/h3-5,11,16H,2,6-10H2,1H3,(H,17,18). The third-order valence-corrected chi connectivity index (χ3v) is 2.94. The number of rotatable bonds is 9. The van der Waals surface area contributed by atoms with Gasteiger partial charge in [-0.15, -0.1) is 0 Å². The van der Waals surface area contributed by atoms with Crippen LogP contribution < -0.4 is 15.4 Å². The predicted molar refractivity (Wildman–Crippen MR) is 80.4 cm³/mol. The van der Waals surface area contributed by atoms with Gasteiger partial charge in [0.05, 0.1) is 13.0 Å². The Labute approximate surface area is 123 Å². The lowest BCUT2D eigenvalue weighted by Crippen LogP contribution is -2.32. The summed E-state index contributed by atoms with van der Waals surface area (Å²) in [5.41, 5.74) is 0. The van der Waals surface area contributed by atoms with Crippen LogP contribution in [0.3, 0.4) is 0 Å². The fourth-order valence-electron chi connectivity index (χ4n) is 1.50. The Morgan fingerprint density at radius 2 is 2.16 bits per heavy atom. The van der Waals surface area contributed by atoms with Crippen LogP contribution in [0.5, 0.6) is 5.75 Å². The molecule has 0 atom stereocenters. The van der Waals surface area contributed by atoms with Gasteiger partial charge in [-0.05, 0) is 31.2 Å². The third-order valence-electron chi connectivity index (χ3n) is 2.44. The first kappa shape index (κ1) is 16.0. The van der Waals surface area contributed by atoms with Crippen molar-refractivity contribution < 1.29 is 9.53 Å². The molecule has 0 radical (unpaired) electrons. The molecule has 0 saturated heterocycles. The molecular formula is C14H21BrN2O2. The van der Waals surface area contributed by atoms with Crippen molar-refractivity contribution in [1.82, 2.24) is 10.6 Å². The highest BCUT2D eigenvalue weighted by molar-refractivity contribution is 9.10. The minimum Gasteiger partial charge on any atom is -0.493 e. The van der Waals surface area contributed by atoms with Gasteiger partial charge < -0.3 is 15.4 Å². The minimum absolute atomic E-state index is 0.0216. The molecule has 106 valence electrons. The lowest BCUT2D eigenvalue weighted by atomic mass is 10.3. The van der Waals surface area contributed by atoms with Crippen LogP contribution in [-0.2, 0) is 4.79 Å². The molecule has 1 rings (SSSR count). The van der Waals surface area contributed by atoms with Crippen LogP contribution in [-0.4, -0.2) is 32.1 Å². The normalized spacial score (nSPS) is 10.2. The van der Waals surface area contributed by atoms with E-state index in [-0.39, 0.29) is 5.91 Å². The highest BCUT2D eigenvalue weighted by Gasteiger charge is 2.01. The summed E-state index contributed by atoms with van der Waals surface area (Å²) in [5.74, 6) is 0.792. The summed E-state index contributed by atoms with van der Waals surface area (Å²) >= 11 is 3.37. The SMILES string of the molecule is CCCNCCNC(=O)CCOc1cccc(Br)c1. The molecule has 1 aromatic rings. The molecule has 0 aliphatic rings. The number of halogens is 1. The molecular weight excluding hydrogens is 308 g/mol. The first-order valence-electron chi connectivity index (χ1n) is 6.58. The average Bonchev–Trinajstić information content (AvgIpc) is 2.38. The van der Waals surface area contributed by atoms with Crippen molar-refractivity contribution in [2.75, 3.05) is 26.2 Å². The summed E-state index contributed by atoms with van der Waals surface area (Å²) in [6.07, 6.45) is 1.48. The lowest BCUT2D eigenvalue weighted by Gasteiger charge is -2.08. The van der Waals surface area contributed by atoms with Gasteiger partial charge in [0, 0.05) is 17.6 Å². The second-order valence-corrected chi connectivity index (χ2v) is 5.07. The van der Waals surface area contributed by atoms with Crippen molar-refractivity contribution in [3.8, 4) is 5.75 Å². The zero-order chi connectivity index (χ0) is 13.9. The maximum Gasteiger partial charge on any atom is 0.223 e. The van der Waals surface area contributed by atoms with Gasteiger partial charge in [0.2, 0.25) is 5.91 Å². The number of carbonyl (C=O) groups is 1. The summed E-state index contributed by atoms with van der Waals surface area (Å²) in [6.45, 7) is 4.97. The van der Waals surface area contributed by atoms with Gasteiger partial charge in [0.1, 0.15) is 5.75 Å². The quantitative estimate of drug-likeness (QED) is 0.684. The van der Waals surface area contributed by atoms with E-state index >= 15 is 0 Å². The molecule has 1 aromatic carbocycles. The van der Waals surface area contributed by atoms with Crippen LogP contribution in [0.25, 0.3) is 0 Å². The fourth-order valence-corrected chi connectivity index (χ4v) is 1.88. The highest BCUT2D eigenvalue weighted by Crippen LogP contribution is 2.17. The van der Waals surface area contributed by atoms with Gasteiger partial charge in [0.15, 0.2) is 0 Å². The first-order chi connectivity index (χ1) is 9.22. The predicted octanol–water partition coefficient (Wildman–Crippen LogP) is 2.33. The molecule has 19 heavy (non-hydrogen) atoms. The molecule has 0 bridgehead atoms. The molecule has 0 aliphatic heterocycles. The largest absolute Gasteiger partial charge is 0.493 e. The molecule has 0 spiro atoms. The van der Waals surface area contributed by atoms with E-state index in [0.717, 1.165) is 29.7 Å². The van der Waals surface area contributed by atoms with Crippen molar-refractivity contribution in [3.63, 3.8) is 0 Å².